The van der Waals surface area contributed by atoms with Crippen molar-refractivity contribution in [2.75, 3.05) is 18.1 Å². The number of nitrogens with one attached hydrogen (secondary N) is 3. The van der Waals surface area contributed by atoms with Crippen LogP contribution in [0.3, 0.4) is 0 Å². The van der Waals surface area contributed by atoms with E-state index in [1.165, 1.54) is 18.2 Å². The van der Waals surface area contributed by atoms with Gasteiger partial charge in [0.25, 0.3) is 11.8 Å². The summed E-state index contributed by atoms with van der Waals surface area (Å²) in [6.45, 7) is 6.22. The zero-order valence-electron chi connectivity index (χ0n) is 22.0. The molecule has 0 heterocycles. The van der Waals surface area contributed by atoms with E-state index in [1.54, 1.807) is 48.5 Å². The predicted molar refractivity (Wildman–Crippen MR) is 149 cm³/mol. The van der Waals surface area contributed by atoms with Crippen LogP contribution in [0.1, 0.15) is 57.4 Å². The van der Waals surface area contributed by atoms with Gasteiger partial charge in [-0.15, -0.1) is 0 Å². The fraction of sp³-hybridized carbons (Fsp3) is 0.214. The number of rotatable bonds is 8. The monoisotopic (exact) mass is 550 g/mol. The van der Waals surface area contributed by atoms with Crippen LogP contribution in [0.5, 0.6) is 0 Å². The van der Waals surface area contributed by atoms with Crippen molar-refractivity contribution in [3.8, 4) is 11.1 Å². The van der Waals surface area contributed by atoms with Crippen LogP contribution in [0.4, 0.5) is 5.69 Å². The van der Waals surface area contributed by atoms with Gasteiger partial charge in [-0.1, -0.05) is 45.0 Å². The van der Waals surface area contributed by atoms with Crippen molar-refractivity contribution < 1.29 is 27.0 Å². The third-order valence-corrected chi connectivity index (χ3v) is 5.88. The van der Waals surface area contributed by atoms with E-state index in [-0.39, 0.29) is 33.5 Å². The number of hydrogen-bond donors (Lipinski definition) is 4. The Morgan fingerprint density at radius 2 is 1.46 bits per heavy atom. The van der Waals surface area contributed by atoms with Gasteiger partial charge >= 0.3 is 16.1 Å². The Morgan fingerprint density at radius 3 is 2.05 bits per heavy atom. The molecule has 0 spiro atoms. The smallest absolute Gasteiger partial charge is 0.354 e. The zero-order chi connectivity index (χ0) is 29.0. The minimum atomic E-state index is -4.16. The first-order chi connectivity index (χ1) is 18.1. The first-order valence-electron chi connectivity index (χ1n) is 11.9. The van der Waals surface area contributed by atoms with Crippen molar-refractivity contribution in [2.45, 2.75) is 20.8 Å². The molecule has 11 heteroatoms. The standard InChI is InChI=1S/C28H30N4O6S/c1-28(2,3)16-31-25(33)18-11-14-21(23(15-18)27(35)38-39(4,36)37)20-7-5-6-8-22(20)26(34)32-19-12-9-17(10-13-19)24(29)30/h5-15H,16H2,1-4H3,(H3,29,30)(H,31,33)(H,32,34). The molecular weight excluding hydrogens is 520 g/mol. The van der Waals surface area contributed by atoms with Crippen LogP contribution in [-0.2, 0) is 14.3 Å². The van der Waals surface area contributed by atoms with Gasteiger partial charge in [-0.05, 0) is 59.0 Å². The van der Waals surface area contributed by atoms with E-state index in [4.69, 9.17) is 11.1 Å². The average Bonchev–Trinajstić information content (AvgIpc) is 2.85. The molecule has 0 saturated heterocycles. The Hall–Kier alpha value is -4.51. The van der Waals surface area contributed by atoms with E-state index in [1.807, 2.05) is 20.8 Å². The molecule has 5 N–H and O–H groups in total. The number of nitrogen functional groups attached to an aromatic ring is 1. The molecule has 0 fully saturated rings. The Kier molecular flexibility index (Phi) is 8.55. The second-order valence-corrected chi connectivity index (χ2v) is 11.6. The fourth-order valence-electron chi connectivity index (χ4n) is 3.57. The summed E-state index contributed by atoms with van der Waals surface area (Å²) in [4.78, 5) is 39.0. The van der Waals surface area contributed by atoms with Gasteiger partial charge < -0.3 is 20.6 Å². The lowest BCUT2D eigenvalue weighted by Crippen LogP contribution is -2.32. The number of benzene rings is 3. The summed E-state index contributed by atoms with van der Waals surface area (Å²) in [5.74, 6) is -2.25. The third kappa shape index (κ3) is 7.99. The molecule has 10 nitrogen and oxygen atoms in total. The quantitative estimate of drug-likeness (QED) is 0.188. The number of carbonyl (C=O) groups excluding carboxylic acids is 3. The van der Waals surface area contributed by atoms with Crippen molar-refractivity contribution in [3.05, 3.63) is 89.0 Å². The minimum Gasteiger partial charge on any atom is -0.384 e. The maximum Gasteiger partial charge on any atom is 0.354 e. The van der Waals surface area contributed by atoms with E-state index >= 15 is 0 Å². The highest BCUT2D eigenvalue weighted by molar-refractivity contribution is 7.86. The van der Waals surface area contributed by atoms with E-state index in [9.17, 15) is 22.8 Å². The van der Waals surface area contributed by atoms with Crippen LogP contribution in [0.2, 0.25) is 0 Å². The Bertz CT molecular complexity index is 1540. The molecule has 0 radical (unpaired) electrons. The van der Waals surface area contributed by atoms with Gasteiger partial charge in [0.15, 0.2) is 0 Å². The lowest BCUT2D eigenvalue weighted by Gasteiger charge is -2.19. The summed E-state index contributed by atoms with van der Waals surface area (Å²) in [6.07, 6.45) is 0.739. The van der Waals surface area contributed by atoms with Crippen LogP contribution in [0.15, 0.2) is 66.7 Å². The molecule has 204 valence electrons. The minimum absolute atomic E-state index is 0.109. The SMILES string of the molecule is CC(C)(C)CNC(=O)c1ccc(-c2ccccc2C(=O)Nc2ccc(C(=N)N)cc2)c(C(=O)OS(C)(=O)=O)c1. The van der Waals surface area contributed by atoms with Crippen LogP contribution in [0.25, 0.3) is 11.1 Å². The van der Waals surface area contributed by atoms with Crippen LogP contribution >= 0.6 is 0 Å². The second-order valence-electron chi connectivity index (χ2n) is 10.1. The molecule has 2 amide bonds. The van der Waals surface area contributed by atoms with Gasteiger partial charge in [0.05, 0.1) is 11.8 Å². The summed E-state index contributed by atoms with van der Waals surface area (Å²) in [6, 6.07) is 17.0. The summed E-state index contributed by atoms with van der Waals surface area (Å²) >= 11 is 0. The highest BCUT2D eigenvalue weighted by Crippen LogP contribution is 2.30. The molecule has 0 aliphatic carbocycles. The highest BCUT2D eigenvalue weighted by Gasteiger charge is 2.24. The van der Waals surface area contributed by atoms with E-state index in [2.05, 4.69) is 14.8 Å². The summed E-state index contributed by atoms with van der Waals surface area (Å²) in [7, 11) is -4.16. The summed E-state index contributed by atoms with van der Waals surface area (Å²) < 4.78 is 28.1. The molecule has 0 aromatic heterocycles. The van der Waals surface area contributed by atoms with Crippen molar-refractivity contribution in [1.29, 1.82) is 5.41 Å². The Balaban J connectivity index is 2.04. The van der Waals surface area contributed by atoms with Crippen molar-refractivity contribution in [3.63, 3.8) is 0 Å². The van der Waals surface area contributed by atoms with Gasteiger partial charge in [-0.3, -0.25) is 15.0 Å². The first kappa shape index (κ1) is 29.1. The van der Waals surface area contributed by atoms with Crippen molar-refractivity contribution in [1.82, 2.24) is 5.32 Å². The fourth-order valence-corrected chi connectivity index (χ4v) is 3.93. The molecule has 0 atom stereocenters. The maximum absolute atomic E-state index is 13.2. The number of amidine groups is 1. The molecule has 0 aliphatic rings. The Morgan fingerprint density at radius 1 is 0.872 bits per heavy atom. The second kappa shape index (κ2) is 11.5. The zero-order valence-corrected chi connectivity index (χ0v) is 22.8. The molecule has 3 aromatic rings. The predicted octanol–water partition coefficient (Wildman–Crippen LogP) is 3.78. The van der Waals surface area contributed by atoms with Gasteiger partial charge in [-0.25, -0.2) is 4.79 Å². The van der Waals surface area contributed by atoms with Crippen LogP contribution < -0.4 is 16.4 Å². The van der Waals surface area contributed by atoms with Crippen molar-refractivity contribution in [2.24, 2.45) is 11.1 Å². The lowest BCUT2D eigenvalue weighted by atomic mass is 9.93. The molecule has 0 aliphatic heterocycles. The average molecular weight is 551 g/mol. The van der Waals surface area contributed by atoms with Gasteiger partial charge in [0.1, 0.15) is 5.84 Å². The van der Waals surface area contributed by atoms with Crippen molar-refractivity contribution >= 4 is 39.4 Å². The largest absolute Gasteiger partial charge is 0.384 e. The van der Waals surface area contributed by atoms with Gasteiger partial charge in [0, 0.05) is 28.9 Å². The normalized spacial score (nSPS) is 11.4. The maximum atomic E-state index is 13.2. The van der Waals surface area contributed by atoms with Crippen LogP contribution in [0, 0.1) is 10.8 Å². The molecule has 0 bridgehead atoms. The third-order valence-electron chi connectivity index (χ3n) is 5.42. The summed E-state index contributed by atoms with van der Waals surface area (Å²) in [5, 5.41) is 13.0. The molecule has 0 unspecified atom stereocenters. The van der Waals surface area contributed by atoms with E-state index in [0.29, 0.717) is 23.4 Å². The number of hydrogen-bond acceptors (Lipinski definition) is 7. The van der Waals surface area contributed by atoms with Crippen LogP contribution in [-0.4, -0.2) is 44.8 Å². The van der Waals surface area contributed by atoms with E-state index < -0.39 is 27.9 Å². The molecule has 3 aromatic carbocycles. The number of amides is 2. The first-order valence-corrected chi connectivity index (χ1v) is 13.7. The lowest BCUT2D eigenvalue weighted by molar-refractivity contribution is 0.0748. The Labute approximate surface area is 227 Å². The molecular formula is C28H30N4O6S. The van der Waals surface area contributed by atoms with E-state index in [0.717, 1.165) is 6.26 Å². The summed E-state index contributed by atoms with van der Waals surface area (Å²) in [5.41, 5.74) is 6.86. The number of nitrogens with two attached hydrogens (primary N) is 1. The number of carbonyl (C=O) groups is 3. The molecule has 0 saturated carbocycles. The topological polar surface area (TPSA) is 169 Å². The highest BCUT2D eigenvalue weighted by atomic mass is 32.2. The molecule has 3 rings (SSSR count). The van der Waals surface area contributed by atoms with Gasteiger partial charge in [0.2, 0.25) is 0 Å². The molecule has 39 heavy (non-hydrogen) atoms. The number of anilines is 1. The van der Waals surface area contributed by atoms with Gasteiger partial charge in [-0.2, -0.15) is 8.42 Å².